The normalized spacial score (nSPS) is 13.0. The fourth-order valence-electron chi connectivity index (χ4n) is 2.95. The molecule has 2 aromatic heterocycles. The van der Waals surface area contributed by atoms with Gasteiger partial charge in [-0.05, 0) is 37.5 Å². The molecule has 1 aliphatic rings. The Morgan fingerprint density at radius 1 is 1.33 bits per heavy atom. The molecule has 4 rings (SSSR count). The summed E-state index contributed by atoms with van der Waals surface area (Å²) >= 11 is 13.2. The lowest BCUT2D eigenvalue weighted by molar-refractivity contribution is -0.113. The van der Waals surface area contributed by atoms with Crippen LogP contribution >= 0.6 is 35.0 Å². The monoisotopic (exact) mass is 423 g/mol. The number of rotatable bonds is 5. The van der Waals surface area contributed by atoms with Crippen LogP contribution in [0.15, 0.2) is 23.4 Å². The van der Waals surface area contributed by atoms with E-state index in [9.17, 15) is 4.79 Å². The average molecular weight is 424 g/mol. The molecule has 0 atom stereocenters. The number of nitrogen functional groups attached to an aromatic ring is 1. The molecule has 1 amide bonds. The van der Waals surface area contributed by atoms with Crippen molar-refractivity contribution in [1.82, 2.24) is 25.1 Å². The van der Waals surface area contributed by atoms with Crippen molar-refractivity contribution in [2.45, 2.75) is 24.4 Å². The highest BCUT2D eigenvalue weighted by molar-refractivity contribution is 7.99. The largest absolute Gasteiger partial charge is 0.335 e. The number of anilines is 1. The van der Waals surface area contributed by atoms with Crippen molar-refractivity contribution in [2.75, 3.05) is 16.9 Å². The Bertz CT molecular complexity index is 1020. The zero-order valence-electron chi connectivity index (χ0n) is 14.0. The first-order chi connectivity index (χ1) is 13.0. The lowest BCUT2D eigenvalue weighted by Gasteiger charge is -2.07. The summed E-state index contributed by atoms with van der Waals surface area (Å²) in [6.07, 6.45) is 3.01. The summed E-state index contributed by atoms with van der Waals surface area (Å²) in [5.74, 6) is 6.44. The van der Waals surface area contributed by atoms with Crippen LogP contribution in [0, 0.1) is 0 Å². The number of carbonyl (C=O) groups is 1. The number of fused-ring (bicyclic) bond motifs is 1. The molecular weight excluding hydrogens is 409 g/mol. The molecule has 11 heteroatoms. The van der Waals surface area contributed by atoms with E-state index in [0.29, 0.717) is 26.7 Å². The molecule has 0 saturated heterocycles. The smallest absolute Gasteiger partial charge is 0.234 e. The number of hydrogen-bond donors (Lipinski definition) is 3. The molecule has 2 heterocycles. The fourth-order valence-corrected chi connectivity index (χ4v) is 3.94. The van der Waals surface area contributed by atoms with E-state index in [4.69, 9.17) is 29.0 Å². The van der Waals surface area contributed by atoms with Gasteiger partial charge in [0.2, 0.25) is 16.9 Å². The van der Waals surface area contributed by atoms with E-state index in [1.165, 1.54) is 16.4 Å². The maximum absolute atomic E-state index is 12.2. The molecule has 3 aromatic rings. The number of aromatic nitrogens is 5. The number of aromatic amines is 1. The highest BCUT2D eigenvalue weighted by Crippen LogP contribution is 2.30. The highest BCUT2D eigenvalue weighted by atomic mass is 35.5. The van der Waals surface area contributed by atoms with Gasteiger partial charge in [-0.2, -0.15) is 5.10 Å². The minimum atomic E-state index is -0.255. The van der Waals surface area contributed by atoms with Crippen LogP contribution in [0.4, 0.5) is 5.69 Å². The standard InChI is InChI=1S/C16H15Cl2N7OS/c17-8-4-5-10(18)12(6-8)20-13(26)7-27-16-24-23-15(25(16)19)14-9-2-1-3-11(9)21-22-14/h4-6H,1-3,7,19H2,(H,20,26)(H,21,22). The van der Waals surface area contributed by atoms with E-state index < -0.39 is 0 Å². The molecule has 4 N–H and O–H groups in total. The lowest BCUT2D eigenvalue weighted by atomic mass is 10.2. The molecule has 0 saturated carbocycles. The number of carbonyl (C=O) groups excluding carboxylic acids is 1. The minimum absolute atomic E-state index is 0.0941. The Morgan fingerprint density at radius 2 is 2.19 bits per heavy atom. The molecule has 0 spiro atoms. The number of amides is 1. The van der Waals surface area contributed by atoms with Crippen molar-refractivity contribution in [3.05, 3.63) is 39.5 Å². The van der Waals surface area contributed by atoms with Gasteiger partial charge in [0.25, 0.3) is 0 Å². The van der Waals surface area contributed by atoms with Gasteiger partial charge in [-0.1, -0.05) is 35.0 Å². The molecule has 140 valence electrons. The Hall–Kier alpha value is -2.23. The van der Waals surface area contributed by atoms with Gasteiger partial charge < -0.3 is 11.2 Å². The van der Waals surface area contributed by atoms with Gasteiger partial charge in [0.15, 0.2) is 0 Å². The lowest BCUT2D eigenvalue weighted by Crippen LogP contribution is -2.16. The van der Waals surface area contributed by atoms with E-state index in [1.54, 1.807) is 18.2 Å². The predicted octanol–water partition coefficient (Wildman–Crippen LogP) is 2.91. The Kier molecular flexibility index (Phi) is 4.98. The van der Waals surface area contributed by atoms with Crippen molar-refractivity contribution in [3.63, 3.8) is 0 Å². The second kappa shape index (κ2) is 7.41. The predicted molar refractivity (Wildman–Crippen MR) is 106 cm³/mol. The SMILES string of the molecule is Nn1c(SCC(=O)Nc2cc(Cl)ccc2Cl)nnc1-c1n[nH]c2c1CCC2. The summed E-state index contributed by atoms with van der Waals surface area (Å²) < 4.78 is 1.36. The number of halogens is 2. The zero-order valence-corrected chi connectivity index (χ0v) is 16.3. The van der Waals surface area contributed by atoms with Crippen molar-refractivity contribution >= 4 is 46.6 Å². The Morgan fingerprint density at radius 3 is 3.04 bits per heavy atom. The zero-order chi connectivity index (χ0) is 19.0. The molecule has 0 fully saturated rings. The summed E-state index contributed by atoms with van der Waals surface area (Å²) in [4.78, 5) is 12.2. The van der Waals surface area contributed by atoms with Crippen LogP contribution in [0.3, 0.4) is 0 Å². The summed E-state index contributed by atoms with van der Waals surface area (Å²) in [7, 11) is 0. The molecule has 0 aliphatic heterocycles. The number of nitrogens with two attached hydrogens (primary N) is 1. The first kappa shape index (κ1) is 18.1. The highest BCUT2D eigenvalue weighted by Gasteiger charge is 2.24. The Labute approximate surface area is 168 Å². The number of nitrogens with zero attached hydrogens (tertiary/aromatic N) is 4. The van der Waals surface area contributed by atoms with Crippen LogP contribution in [-0.4, -0.2) is 36.7 Å². The van der Waals surface area contributed by atoms with Crippen LogP contribution in [0.1, 0.15) is 17.7 Å². The topological polar surface area (TPSA) is 115 Å². The first-order valence-corrected chi connectivity index (χ1v) is 9.91. The summed E-state index contributed by atoms with van der Waals surface area (Å²) in [6.45, 7) is 0. The van der Waals surface area contributed by atoms with E-state index >= 15 is 0 Å². The van der Waals surface area contributed by atoms with Crippen LogP contribution in [0.2, 0.25) is 10.0 Å². The van der Waals surface area contributed by atoms with Gasteiger partial charge in [0, 0.05) is 16.3 Å². The number of H-pyrrole nitrogens is 1. The van der Waals surface area contributed by atoms with Crippen molar-refractivity contribution in [1.29, 1.82) is 0 Å². The number of aryl methyl sites for hydroxylation is 1. The number of thioether (sulfide) groups is 1. The van der Waals surface area contributed by atoms with Gasteiger partial charge >= 0.3 is 0 Å². The maximum Gasteiger partial charge on any atom is 0.234 e. The van der Waals surface area contributed by atoms with Gasteiger partial charge in [0.05, 0.1) is 16.5 Å². The molecule has 0 bridgehead atoms. The van der Waals surface area contributed by atoms with Crippen molar-refractivity contribution in [3.8, 4) is 11.5 Å². The van der Waals surface area contributed by atoms with E-state index in [2.05, 4.69) is 25.7 Å². The van der Waals surface area contributed by atoms with E-state index in [1.807, 2.05) is 0 Å². The summed E-state index contributed by atoms with van der Waals surface area (Å²) in [5, 5.41) is 19.6. The Balaban J connectivity index is 1.44. The van der Waals surface area contributed by atoms with E-state index in [-0.39, 0.29) is 11.7 Å². The number of nitrogens with one attached hydrogen (secondary N) is 2. The van der Waals surface area contributed by atoms with Gasteiger partial charge in [0.1, 0.15) is 5.69 Å². The van der Waals surface area contributed by atoms with E-state index in [0.717, 1.165) is 36.2 Å². The third-order valence-electron chi connectivity index (χ3n) is 4.22. The van der Waals surface area contributed by atoms with Gasteiger partial charge in [-0.15, -0.1) is 10.2 Å². The fraction of sp³-hybridized carbons (Fsp3) is 0.250. The molecule has 0 unspecified atom stereocenters. The molecule has 1 aliphatic carbocycles. The molecule has 27 heavy (non-hydrogen) atoms. The summed E-state index contributed by atoms with van der Waals surface area (Å²) in [6, 6.07) is 4.87. The van der Waals surface area contributed by atoms with Crippen LogP contribution in [-0.2, 0) is 17.6 Å². The average Bonchev–Trinajstić information content (AvgIpc) is 3.33. The molecule has 8 nitrogen and oxygen atoms in total. The van der Waals surface area contributed by atoms with Crippen molar-refractivity contribution < 1.29 is 4.79 Å². The molecule has 0 radical (unpaired) electrons. The minimum Gasteiger partial charge on any atom is -0.335 e. The second-order valence-corrected chi connectivity index (χ2v) is 7.81. The van der Waals surface area contributed by atoms with Gasteiger partial charge in [-0.3, -0.25) is 9.89 Å². The van der Waals surface area contributed by atoms with Crippen LogP contribution in [0.5, 0.6) is 0 Å². The third-order valence-corrected chi connectivity index (χ3v) is 5.73. The number of benzene rings is 1. The van der Waals surface area contributed by atoms with Crippen molar-refractivity contribution in [2.24, 2.45) is 0 Å². The second-order valence-electron chi connectivity index (χ2n) is 6.02. The first-order valence-electron chi connectivity index (χ1n) is 8.17. The molecule has 1 aromatic carbocycles. The molecular formula is C16H15Cl2N7OS. The van der Waals surface area contributed by atoms with Crippen LogP contribution < -0.4 is 11.2 Å². The summed E-state index contributed by atoms with van der Waals surface area (Å²) in [5.41, 5.74) is 3.44. The number of hydrogen-bond acceptors (Lipinski definition) is 6. The quantitative estimate of drug-likeness (QED) is 0.429. The maximum atomic E-state index is 12.2. The van der Waals surface area contributed by atoms with Gasteiger partial charge in [-0.25, -0.2) is 4.68 Å². The van der Waals surface area contributed by atoms with Crippen LogP contribution in [0.25, 0.3) is 11.5 Å². The third kappa shape index (κ3) is 3.62.